The van der Waals surface area contributed by atoms with Crippen molar-refractivity contribution in [2.75, 3.05) is 26.3 Å². The molecule has 0 atom stereocenters. The average molecular weight is 552 g/mol. The Morgan fingerprint density at radius 2 is 1.08 bits per heavy atom. The number of amides is 3. The molecule has 0 radical (unpaired) electrons. The van der Waals surface area contributed by atoms with Crippen molar-refractivity contribution in [2.24, 2.45) is 5.41 Å². The molecule has 3 amide bonds. The quantitative estimate of drug-likeness (QED) is 0.0832. The van der Waals surface area contributed by atoms with E-state index in [2.05, 4.69) is 16.0 Å². The predicted octanol–water partition coefficient (Wildman–Crippen LogP) is 5.90. The van der Waals surface area contributed by atoms with E-state index in [9.17, 15) is 14.4 Å². The molecule has 0 aromatic carbocycles. The maximum Gasteiger partial charge on any atom is 0.315 e. The van der Waals surface area contributed by atoms with Crippen LogP contribution < -0.4 is 16.0 Å². The van der Waals surface area contributed by atoms with E-state index >= 15 is 0 Å². The zero-order chi connectivity index (χ0) is 28.2. The first-order valence-corrected chi connectivity index (χ1v) is 16.0. The number of ether oxygens (including phenoxy) is 1. The molecular formula is C31H57N3O5. The molecule has 3 fully saturated rings. The monoisotopic (exact) mass is 551 g/mol. The molecule has 8 heteroatoms. The molecule has 0 unspecified atom stereocenters. The maximum absolute atomic E-state index is 12.5. The van der Waals surface area contributed by atoms with Crippen LogP contribution in [0.4, 0.5) is 4.79 Å². The van der Waals surface area contributed by atoms with E-state index in [1.807, 2.05) is 0 Å². The maximum atomic E-state index is 12.5. The lowest BCUT2D eigenvalue weighted by molar-refractivity contribution is -0.177. The van der Waals surface area contributed by atoms with Crippen molar-refractivity contribution in [3.8, 4) is 0 Å². The Hall–Kier alpha value is -1.83. The first kappa shape index (κ1) is 33.4. The predicted molar refractivity (Wildman–Crippen MR) is 155 cm³/mol. The van der Waals surface area contributed by atoms with E-state index in [0.717, 1.165) is 70.6 Å². The minimum absolute atomic E-state index is 0.0883. The molecule has 3 aliphatic carbocycles. The number of aliphatic hydroxyl groups excluding tert-OH is 1. The number of aliphatic hydroxyl groups is 1. The van der Waals surface area contributed by atoms with Gasteiger partial charge in [0.05, 0.1) is 12.0 Å². The third-order valence-electron chi connectivity index (χ3n) is 8.42. The third kappa shape index (κ3) is 13.4. The summed E-state index contributed by atoms with van der Waals surface area (Å²) >= 11 is 0. The molecule has 0 spiro atoms. The number of rotatable bonds is 25. The number of carbonyl (C=O) groups is 3. The smallest absolute Gasteiger partial charge is 0.315 e. The zero-order valence-corrected chi connectivity index (χ0v) is 24.8. The van der Waals surface area contributed by atoms with Gasteiger partial charge in [-0.05, 0) is 44.9 Å². The van der Waals surface area contributed by atoms with E-state index in [0.29, 0.717) is 19.7 Å². The molecule has 39 heavy (non-hydrogen) atoms. The largest absolute Gasteiger partial charge is 0.466 e. The SMILES string of the molecule is CC(=O)OCCCCCCCCCCCCCCCCNC(=O)NC12CC(C(=O)NCCCCCCO)(C1)C2. The lowest BCUT2D eigenvalue weighted by atomic mass is 9.39. The van der Waals surface area contributed by atoms with Gasteiger partial charge in [0.25, 0.3) is 0 Å². The molecule has 4 N–H and O–H groups in total. The van der Waals surface area contributed by atoms with Crippen LogP contribution >= 0.6 is 0 Å². The fourth-order valence-corrected chi connectivity index (χ4v) is 6.19. The van der Waals surface area contributed by atoms with Crippen LogP contribution in [0, 0.1) is 5.41 Å². The number of urea groups is 1. The van der Waals surface area contributed by atoms with Crippen molar-refractivity contribution >= 4 is 17.9 Å². The van der Waals surface area contributed by atoms with Crippen LogP contribution in [0.15, 0.2) is 0 Å². The van der Waals surface area contributed by atoms with Crippen molar-refractivity contribution in [1.82, 2.24) is 16.0 Å². The second-order valence-electron chi connectivity index (χ2n) is 12.2. The topological polar surface area (TPSA) is 117 Å². The first-order valence-electron chi connectivity index (χ1n) is 16.0. The van der Waals surface area contributed by atoms with Crippen LogP contribution in [0.25, 0.3) is 0 Å². The van der Waals surface area contributed by atoms with Crippen LogP contribution in [0.3, 0.4) is 0 Å². The number of hydrogen-bond acceptors (Lipinski definition) is 5. The highest BCUT2D eigenvalue weighted by Crippen LogP contribution is 2.67. The molecule has 8 nitrogen and oxygen atoms in total. The van der Waals surface area contributed by atoms with Gasteiger partial charge in [0.2, 0.25) is 5.91 Å². The lowest BCUT2D eigenvalue weighted by Crippen LogP contribution is -2.78. The molecule has 0 aliphatic heterocycles. The van der Waals surface area contributed by atoms with Crippen molar-refractivity contribution in [2.45, 2.75) is 147 Å². The summed E-state index contributed by atoms with van der Waals surface area (Å²) in [5.41, 5.74) is -0.401. The summed E-state index contributed by atoms with van der Waals surface area (Å²) in [5.74, 6) is -0.0294. The van der Waals surface area contributed by atoms with Gasteiger partial charge in [0, 0.05) is 32.2 Å². The summed E-state index contributed by atoms with van der Waals surface area (Å²) in [6.07, 6.45) is 23.5. The van der Waals surface area contributed by atoms with E-state index in [1.54, 1.807) is 0 Å². The van der Waals surface area contributed by atoms with Crippen LogP contribution in [-0.4, -0.2) is 54.9 Å². The average Bonchev–Trinajstić information content (AvgIpc) is 2.86. The fourth-order valence-electron chi connectivity index (χ4n) is 6.19. The molecule has 0 heterocycles. The van der Waals surface area contributed by atoms with Gasteiger partial charge in [-0.15, -0.1) is 0 Å². The number of hydrogen-bond donors (Lipinski definition) is 4. The number of esters is 1. The Labute approximate surface area is 237 Å². The summed E-state index contributed by atoms with van der Waals surface area (Å²) in [5, 5.41) is 18.0. The first-order chi connectivity index (χ1) is 18.9. The van der Waals surface area contributed by atoms with Crippen LogP contribution in [0.2, 0.25) is 0 Å². The molecule has 2 bridgehead atoms. The summed E-state index contributed by atoms with van der Waals surface area (Å²) in [6, 6.07) is -0.0883. The third-order valence-corrected chi connectivity index (χ3v) is 8.42. The van der Waals surface area contributed by atoms with Crippen molar-refractivity contribution < 1.29 is 24.2 Å². The number of unbranched alkanes of at least 4 members (excludes halogenated alkanes) is 16. The van der Waals surface area contributed by atoms with Gasteiger partial charge in [-0.3, -0.25) is 9.59 Å². The van der Waals surface area contributed by atoms with Crippen LogP contribution in [0.5, 0.6) is 0 Å². The van der Waals surface area contributed by atoms with Gasteiger partial charge >= 0.3 is 12.0 Å². The van der Waals surface area contributed by atoms with Crippen molar-refractivity contribution in [3.05, 3.63) is 0 Å². The van der Waals surface area contributed by atoms with Gasteiger partial charge in [0.15, 0.2) is 0 Å². The molecule has 3 aliphatic rings. The molecule has 3 saturated carbocycles. The van der Waals surface area contributed by atoms with E-state index in [4.69, 9.17) is 9.84 Å². The highest BCUT2D eigenvalue weighted by Gasteiger charge is 2.72. The Balaban J connectivity index is 1.30. The molecule has 0 saturated heterocycles. The van der Waals surface area contributed by atoms with Gasteiger partial charge in [-0.1, -0.05) is 89.9 Å². The van der Waals surface area contributed by atoms with E-state index < -0.39 is 0 Å². The van der Waals surface area contributed by atoms with Gasteiger partial charge in [0.1, 0.15) is 0 Å². The van der Waals surface area contributed by atoms with Gasteiger partial charge in [-0.2, -0.15) is 0 Å². The second-order valence-corrected chi connectivity index (χ2v) is 12.2. The standard InChI is InChI=1S/C31H57N3O5/c1-27(36)39-23-19-15-11-9-7-5-3-2-4-6-8-10-12-17-21-33-29(38)34-31-24-30(25-31,26-31)28(37)32-20-16-13-14-18-22-35/h35H,2-26H2,1H3,(H,32,37)(H2,33,34,38). The zero-order valence-electron chi connectivity index (χ0n) is 24.8. The summed E-state index contributed by atoms with van der Waals surface area (Å²) in [7, 11) is 0. The molecule has 0 aromatic heterocycles. The molecule has 0 aromatic rings. The van der Waals surface area contributed by atoms with Crippen molar-refractivity contribution in [3.63, 3.8) is 0 Å². The van der Waals surface area contributed by atoms with Gasteiger partial charge < -0.3 is 25.8 Å². The Kier molecular flexibility index (Phi) is 16.5. The van der Waals surface area contributed by atoms with Crippen molar-refractivity contribution in [1.29, 1.82) is 0 Å². The van der Waals surface area contributed by atoms with Gasteiger partial charge in [-0.25, -0.2) is 4.79 Å². The highest BCUT2D eigenvalue weighted by atomic mass is 16.5. The Bertz CT molecular complexity index is 695. The minimum atomic E-state index is -0.243. The van der Waals surface area contributed by atoms with E-state index in [-0.39, 0.29) is 35.5 Å². The lowest BCUT2D eigenvalue weighted by Gasteiger charge is -2.69. The fraction of sp³-hybridized carbons (Fsp3) is 0.903. The molecule has 226 valence electrons. The van der Waals surface area contributed by atoms with Crippen LogP contribution in [0.1, 0.15) is 142 Å². The molecular weight excluding hydrogens is 494 g/mol. The van der Waals surface area contributed by atoms with Crippen LogP contribution in [-0.2, 0) is 14.3 Å². The highest BCUT2D eigenvalue weighted by molar-refractivity contribution is 5.88. The normalized spacial score (nSPS) is 21.0. The summed E-state index contributed by atoms with van der Waals surface area (Å²) in [4.78, 5) is 35.4. The van der Waals surface area contributed by atoms with E-state index in [1.165, 1.54) is 71.1 Å². The Morgan fingerprint density at radius 3 is 1.56 bits per heavy atom. The molecule has 3 rings (SSSR count). The summed E-state index contributed by atoms with van der Waals surface area (Å²) in [6.45, 7) is 3.69. The Morgan fingerprint density at radius 1 is 0.641 bits per heavy atom. The number of nitrogens with one attached hydrogen (secondary N) is 3. The number of carbonyl (C=O) groups excluding carboxylic acids is 3. The summed E-state index contributed by atoms with van der Waals surface area (Å²) < 4.78 is 4.95. The second kappa shape index (κ2) is 19.3. The minimum Gasteiger partial charge on any atom is -0.466 e.